The molecule has 1 aromatic rings. The Hall–Kier alpha value is -1.35. The summed E-state index contributed by atoms with van der Waals surface area (Å²) in [5, 5.41) is 0. The van der Waals surface area contributed by atoms with Crippen LogP contribution in [0.2, 0.25) is 0 Å². The number of ether oxygens (including phenoxy) is 2. The van der Waals surface area contributed by atoms with E-state index in [1.54, 1.807) is 12.1 Å². The van der Waals surface area contributed by atoms with Gasteiger partial charge in [-0.1, -0.05) is 18.2 Å². The molecular weight excluding hydrogens is 192 g/mol. The zero-order valence-electron chi connectivity index (χ0n) is 8.31. The van der Waals surface area contributed by atoms with E-state index in [1.807, 2.05) is 18.2 Å². The van der Waals surface area contributed by atoms with E-state index in [9.17, 15) is 4.79 Å². The normalized spacial score (nSPS) is 32.1. The van der Waals surface area contributed by atoms with Gasteiger partial charge in [-0.2, -0.15) is 0 Å². The van der Waals surface area contributed by atoms with Gasteiger partial charge in [0, 0.05) is 6.42 Å². The Labute approximate surface area is 88.0 Å². The van der Waals surface area contributed by atoms with Gasteiger partial charge < -0.3 is 9.47 Å². The summed E-state index contributed by atoms with van der Waals surface area (Å²) in [5.74, 6) is -0.840. The highest BCUT2D eigenvalue weighted by Gasteiger charge is 2.63. The standard InChI is InChI=1S/C12H12O3/c13-11(9-5-2-1-3-6-9)15-12-8-4-7-10(12)14-12/h1-3,5-6,10H,4,7-8H2/t10-,12-/m0/s1. The Balaban J connectivity index is 1.72. The third-order valence-corrected chi connectivity index (χ3v) is 3.04. The second kappa shape index (κ2) is 3.07. The SMILES string of the molecule is O=C(O[C@@]12CCC[C@@H]1O2)c1ccccc1. The molecule has 2 aliphatic rings. The van der Waals surface area contributed by atoms with Gasteiger partial charge in [0.1, 0.15) is 6.10 Å². The smallest absolute Gasteiger partial charge is 0.340 e. The fraction of sp³-hybridized carbons (Fsp3) is 0.417. The molecule has 1 aliphatic carbocycles. The van der Waals surface area contributed by atoms with Crippen LogP contribution in [-0.2, 0) is 9.47 Å². The van der Waals surface area contributed by atoms with Gasteiger partial charge in [0.15, 0.2) is 0 Å². The van der Waals surface area contributed by atoms with Gasteiger partial charge in [-0.25, -0.2) is 4.79 Å². The molecule has 78 valence electrons. The molecule has 0 aromatic heterocycles. The predicted octanol–water partition coefficient (Wildman–Crippen LogP) is 2.12. The lowest BCUT2D eigenvalue weighted by atomic mass is 10.2. The summed E-state index contributed by atoms with van der Waals surface area (Å²) in [6, 6.07) is 9.04. The highest BCUT2D eigenvalue weighted by Crippen LogP contribution is 2.50. The van der Waals surface area contributed by atoms with E-state index in [-0.39, 0.29) is 12.1 Å². The quantitative estimate of drug-likeness (QED) is 0.547. The fourth-order valence-electron chi connectivity index (χ4n) is 2.17. The molecule has 2 fully saturated rings. The molecule has 1 heterocycles. The van der Waals surface area contributed by atoms with E-state index in [1.165, 1.54) is 0 Å². The van der Waals surface area contributed by atoms with Gasteiger partial charge >= 0.3 is 5.97 Å². The van der Waals surface area contributed by atoms with E-state index in [2.05, 4.69) is 0 Å². The molecule has 2 atom stereocenters. The van der Waals surface area contributed by atoms with Crippen molar-refractivity contribution in [3.8, 4) is 0 Å². The van der Waals surface area contributed by atoms with E-state index in [0.29, 0.717) is 5.56 Å². The van der Waals surface area contributed by atoms with Crippen LogP contribution < -0.4 is 0 Å². The van der Waals surface area contributed by atoms with Crippen molar-refractivity contribution in [3.63, 3.8) is 0 Å². The van der Waals surface area contributed by atoms with E-state index < -0.39 is 5.79 Å². The molecule has 1 aromatic carbocycles. The maximum Gasteiger partial charge on any atom is 0.340 e. The first-order valence-corrected chi connectivity index (χ1v) is 5.26. The van der Waals surface area contributed by atoms with Crippen molar-refractivity contribution in [3.05, 3.63) is 35.9 Å². The van der Waals surface area contributed by atoms with Crippen LogP contribution in [0.15, 0.2) is 30.3 Å². The minimum Gasteiger partial charge on any atom is -0.427 e. The van der Waals surface area contributed by atoms with Gasteiger partial charge in [0.25, 0.3) is 0 Å². The largest absolute Gasteiger partial charge is 0.427 e. The Morgan fingerprint density at radius 2 is 2.20 bits per heavy atom. The first kappa shape index (κ1) is 8.92. The first-order chi connectivity index (χ1) is 7.30. The Kier molecular flexibility index (Phi) is 1.83. The number of esters is 1. The zero-order chi connectivity index (χ0) is 10.3. The van der Waals surface area contributed by atoms with Gasteiger partial charge in [0.05, 0.1) is 5.56 Å². The maximum atomic E-state index is 11.7. The lowest BCUT2D eigenvalue weighted by Crippen LogP contribution is -2.20. The predicted molar refractivity (Wildman–Crippen MR) is 53.3 cm³/mol. The topological polar surface area (TPSA) is 38.8 Å². The van der Waals surface area contributed by atoms with Crippen molar-refractivity contribution in [2.24, 2.45) is 0 Å². The third-order valence-electron chi connectivity index (χ3n) is 3.04. The first-order valence-electron chi connectivity index (χ1n) is 5.26. The fourth-order valence-corrected chi connectivity index (χ4v) is 2.17. The molecular formula is C12H12O3. The molecule has 1 saturated heterocycles. The van der Waals surface area contributed by atoms with Crippen molar-refractivity contribution < 1.29 is 14.3 Å². The maximum absolute atomic E-state index is 11.7. The van der Waals surface area contributed by atoms with Crippen LogP contribution >= 0.6 is 0 Å². The minimum atomic E-state index is -0.563. The molecule has 0 amide bonds. The number of carbonyl (C=O) groups excluding carboxylic acids is 1. The molecule has 0 radical (unpaired) electrons. The summed E-state index contributed by atoms with van der Waals surface area (Å²) >= 11 is 0. The van der Waals surface area contributed by atoms with Crippen molar-refractivity contribution in [2.75, 3.05) is 0 Å². The van der Waals surface area contributed by atoms with Gasteiger partial charge in [-0.15, -0.1) is 0 Å². The number of hydrogen-bond donors (Lipinski definition) is 0. The zero-order valence-corrected chi connectivity index (χ0v) is 8.31. The van der Waals surface area contributed by atoms with Crippen LogP contribution in [0.5, 0.6) is 0 Å². The number of epoxide rings is 1. The van der Waals surface area contributed by atoms with Gasteiger partial charge in [-0.05, 0) is 25.0 Å². The number of benzene rings is 1. The Morgan fingerprint density at radius 1 is 1.40 bits per heavy atom. The van der Waals surface area contributed by atoms with E-state index in [0.717, 1.165) is 19.3 Å². The van der Waals surface area contributed by atoms with Crippen molar-refractivity contribution >= 4 is 5.97 Å². The van der Waals surface area contributed by atoms with E-state index in [4.69, 9.17) is 9.47 Å². The number of carbonyl (C=O) groups is 1. The highest BCUT2D eigenvalue weighted by molar-refractivity contribution is 5.89. The Bertz CT molecular complexity index is 387. The molecule has 0 unspecified atom stereocenters. The lowest BCUT2D eigenvalue weighted by molar-refractivity contribution is -0.0215. The lowest BCUT2D eigenvalue weighted by Gasteiger charge is -2.10. The monoisotopic (exact) mass is 204 g/mol. The van der Waals surface area contributed by atoms with Crippen LogP contribution in [0.1, 0.15) is 29.6 Å². The average Bonchev–Trinajstić information content (AvgIpc) is 2.81. The average molecular weight is 204 g/mol. The number of fused-ring (bicyclic) bond motifs is 1. The number of rotatable bonds is 2. The molecule has 1 saturated carbocycles. The highest BCUT2D eigenvalue weighted by atomic mass is 16.8. The molecule has 3 nitrogen and oxygen atoms in total. The van der Waals surface area contributed by atoms with Crippen LogP contribution in [0.4, 0.5) is 0 Å². The van der Waals surface area contributed by atoms with Crippen molar-refractivity contribution in [1.29, 1.82) is 0 Å². The summed E-state index contributed by atoms with van der Waals surface area (Å²) in [5.41, 5.74) is 0.591. The molecule has 15 heavy (non-hydrogen) atoms. The molecule has 1 aliphatic heterocycles. The molecule has 0 bridgehead atoms. The van der Waals surface area contributed by atoms with Crippen LogP contribution in [0, 0.1) is 0 Å². The summed E-state index contributed by atoms with van der Waals surface area (Å²) in [6.07, 6.45) is 3.11. The summed E-state index contributed by atoms with van der Waals surface area (Å²) in [4.78, 5) is 11.7. The summed E-state index contributed by atoms with van der Waals surface area (Å²) < 4.78 is 10.8. The summed E-state index contributed by atoms with van der Waals surface area (Å²) in [7, 11) is 0. The van der Waals surface area contributed by atoms with Crippen LogP contribution in [-0.4, -0.2) is 17.9 Å². The van der Waals surface area contributed by atoms with Crippen LogP contribution in [0.25, 0.3) is 0 Å². The molecule has 3 rings (SSSR count). The Morgan fingerprint density at radius 3 is 2.80 bits per heavy atom. The molecule has 0 spiro atoms. The molecule has 3 heteroatoms. The van der Waals surface area contributed by atoms with Crippen LogP contribution in [0.3, 0.4) is 0 Å². The second-order valence-corrected chi connectivity index (χ2v) is 4.07. The molecule has 0 N–H and O–H groups in total. The van der Waals surface area contributed by atoms with E-state index >= 15 is 0 Å². The van der Waals surface area contributed by atoms with Gasteiger partial charge in [-0.3, -0.25) is 0 Å². The van der Waals surface area contributed by atoms with Gasteiger partial charge in [0.2, 0.25) is 5.79 Å². The third kappa shape index (κ3) is 1.43. The van der Waals surface area contributed by atoms with Crippen molar-refractivity contribution in [1.82, 2.24) is 0 Å². The minimum absolute atomic E-state index is 0.158. The second-order valence-electron chi connectivity index (χ2n) is 4.07. The summed E-state index contributed by atoms with van der Waals surface area (Å²) in [6.45, 7) is 0. The number of hydrogen-bond acceptors (Lipinski definition) is 3. The van der Waals surface area contributed by atoms with Crippen molar-refractivity contribution in [2.45, 2.75) is 31.2 Å².